The van der Waals surface area contributed by atoms with Crippen LogP contribution in [-0.2, 0) is 17.9 Å². The first-order valence-electron chi connectivity index (χ1n) is 10.1. The molecule has 1 fully saturated rings. The number of nitrogens with zero attached hydrogens (tertiary/aromatic N) is 1. The van der Waals surface area contributed by atoms with Crippen LogP contribution in [0, 0.1) is 5.82 Å². The molecule has 3 aromatic carbocycles. The van der Waals surface area contributed by atoms with Crippen molar-refractivity contribution in [3.05, 3.63) is 97.6 Å². The van der Waals surface area contributed by atoms with Gasteiger partial charge in [0.25, 0.3) is 11.1 Å². The van der Waals surface area contributed by atoms with Crippen LogP contribution in [-0.4, -0.2) is 23.2 Å². The van der Waals surface area contributed by atoms with Gasteiger partial charge in [0.2, 0.25) is 0 Å². The number of thioether (sulfide) groups is 1. The number of imide groups is 1. The lowest BCUT2D eigenvalue weighted by Crippen LogP contribution is -2.28. The molecule has 0 atom stereocenters. The van der Waals surface area contributed by atoms with Crippen molar-refractivity contribution in [3.8, 4) is 11.5 Å². The van der Waals surface area contributed by atoms with E-state index >= 15 is 0 Å². The average Bonchev–Trinajstić information content (AvgIpc) is 3.08. The van der Waals surface area contributed by atoms with Crippen LogP contribution in [0.15, 0.2) is 70.0 Å². The number of carbonyl (C=O) groups excluding carboxylic acids is 2. The second-order valence-electron chi connectivity index (χ2n) is 7.28. The molecule has 0 aliphatic carbocycles. The molecular formula is C25H18BrClFNO4S. The SMILES string of the molecule is COc1cc(/C=C2/SC(=O)N(Cc3c(F)cccc3Cl)C2=O)cc(Br)c1OCc1ccccc1. The molecule has 4 rings (SSSR count). The van der Waals surface area contributed by atoms with Crippen molar-refractivity contribution in [3.63, 3.8) is 0 Å². The quantitative estimate of drug-likeness (QED) is 0.288. The highest BCUT2D eigenvalue weighted by Crippen LogP contribution is 2.40. The summed E-state index contributed by atoms with van der Waals surface area (Å²) in [6, 6.07) is 17.4. The fourth-order valence-electron chi connectivity index (χ4n) is 3.32. The molecule has 9 heteroatoms. The van der Waals surface area contributed by atoms with E-state index < -0.39 is 17.0 Å². The maximum Gasteiger partial charge on any atom is 0.293 e. The molecule has 0 unspecified atom stereocenters. The second-order valence-corrected chi connectivity index (χ2v) is 9.53. The van der Waals surface area contributed by atoms with Gasteiger partial charge in [-0.25, -0.2) is 4.39 Å². The summed E-state index contributed by atoms with van der Waals surface area (Å²) in [5.74, 6) is -0.108. The molecule has 3 aromatic rings. The van der Waals surface area contributed by atoms with Crippen LogP contribution < -0.4 is 9.47 Å². The number of ether oxygens (including phenoxy) is 2. The van der Waals surface area contributed by atoms with Crippen LogP contribution in [0.3, 0.4) is 0 Å². The summed E-state index contributed by atoms with van der Waals surface area (Å²) in [5.41, 5.74) is 1.73. The molecule has 2 amide bonds. The Morgan fingerprint density at radius 3 is 2.59 bits per heavy atom. The monoisotopic (exact) mass is 561 g/mol. The van der Waals surface area contributed by atoms with Gasteiger partial charge in [-0.3, -0.25) is 14.5 Å². The second kappa shape index (κ2) is 10.6. The van der Waals surface area contributed by atoms with E-state index in [4.69, 9.17) is 21.1 Å². The highest BCUT2D eigenvalue weighted by molar-refractivity contribution is 9.10. The van der Waals surface area contributed by atoms with Gasteiger partial charge in [-0.05, 0) is 69.2 Å². The molecule has 0 N–H and O–H groups in total. The number of amides is 2. The summed E-state index contributed by atoms with van der Waals surface area (Å²) in [5, 5.41) is -0.341. The lowest BCUT2D eigenvalue weighted by molar-refractivity contribution is -0.123. The van der Waals surface area contributed by atoms with Gasteiger partial charge in [0.05, 0.1) is 23.0 Å². The molecule has 174 valence electrons. The summed E-state index contributed by atoms with van der Waals surface area (Å²) in [6.45, 7) is 0.111. The minimum atomic E-state index is -0.574. The molecule has 0 bridgehead atoms. The molecule has 0 spiro atoms. The van der Waals surface area contributed by atoms with Crippen LogP contribution in [0.2, 0.25) is 5.02 Å². The summed E-state index contributed by atoms with van der Waals surface area (Å²) >= 11 is 10.3. The Balaban J connectivity index is 1.56. The highest BCUT2D eigenvalue weighted by Gasteiger charge is 2.36. The van der Waals surface area contributed by atoms with Gasteiger partial charge in [0.1, 0.15) is 12.4 Å². The zero-order chi connectivity index (χ0) is 24.2. The maximum absolute atomic E-state index is 14.2. The summed E-state index contributed by atoms with van der Waals surface area (Å²) in [7, 11) is 1.52. The lowest BCUT2D eigenvalue weighted by Gasteiger charge is -2.14. The number of carbonyl (C=O) groups is 2. The van der Waals surface area contributed by atoms with Gasteiger partial charge < -0.3 is 9.47 Å². The van der Waals surface area contributed by atoms with Crippen LogP contribution in [0.25, 0.3) is 6.08 Å². The summed E-state index contributed by atoms with van der Waals surface area (Å²) < 4.78 is 26.2. The Kier molecular flexibility index (Phi) is 7.60. The van der Waals surface area contributed by atoms with Gasteiger partial charge in [-0.15, -0.1) is 0 Å². The average molecular weight is 563 g/mol. The van der Waals surface area contributed by atoms with Gasteiger partial charge in [-0.2, -0.15) is 0 Å². The van der Waals surface area contributed by atoms with Crippen LogP contribution in [0.5, 0.6) is 11.5 Å². The smallest absolute Gasteiger partial charge is 0.293 e. The van der Waals surface area contributed by atoms with E-state index in [0.29, 0.717) is 28.1 Å². The van der Waals surface area contributed by atoms with Gasteiger partial charge in [0, 0.05) is 10.6 Å². The number of halogens is 3. The van der Waals surface area contributed by atoms with E-state index in [1.54, 1.807) is 18.2 Å². The first-order valence-corrected chi connectivity index (χ1v) is 12.1. The maximum atomic E-state index is 14.2. The van der Waals surface area contributed by atoms with Crippen molar-refractivity contribution >= 4 is 56.5 Å². The van der Waals surface area contributed by atoms with E-state index in [1.165, 1.54) is 25.3 Å². The molecule has 0 aromatic heterocycles. The Hall–Kier alpha value is -2.81. The number of hydrogen-bond donors (Lipinski definition) is 0. The van der Waals surface area contributed by atoms with E-state index in [1.807, 2.05) is 30.3 Å². The number of hydrogen-bond acceptors (Lipinski definition) is 5. The van der Waals surface area contributed by atoms with Crippen LogP contribution in [0.1, 0.15) is 16.7 Å². The molecule has 34 heavy (non-hydrogen) atoms. The minimum absolute atomic E-state index is 0.0945. The highest BCUT2D eigenvalue weighted by atomic mass is 79.9. The third-order valence-electron chi connectivity index (χ3n) is 5.03. The minimum Gasteiger partial charge on any atom is -0.493 e. The zero-order valence-corrected chi connectivity index (χ0v) is 21.0. The molecule has 1 heterocycles. The summed E-state index contributed by atoms with van der Waals surface area (Å²) in [4.78, 5) is 26.6. The van der Waals surface area contributed by atoms with E-state index in [-0.39, 0.29) is 22.0 Å². The third kappa shape index (κ3) is 5.29. The zero-order valence-electron chi connectivity index (χ0n) is 17.9. The fraction of sp³-hybridized carbons (Fsp3) is 0.120. The first kappa shape index (κ1) is 24.3. The molecule has 1 aliphatic heterocycles. The van der Waals surface area contributed by atoms with Crippen molar-refractivity contribution in [2.24, 2.45) is 0 Å². The largest absolute Gasteiger partial charge is 0.493 e. The number of rotatable bonds is 7. The third-order valence-corrected chi connectivity index (χ3v) is 6.88. The topological polar surface area (TPSA) is 55.8 Å². The van der Waals surface area contributed by atoms with Crippen molar-refractivity contribution in [1.82, 2.24) is 4.90 Å². The first-order chi connectivity index (χ1) is 16.4. The lowest BCUT2D eigenvalue weighted by atomic mass is 10.1. The van der Waals surface area contributed by atoms with E-state index in [9.17, 15) is 14.0 Å². The molecule has 0 radical (unpaired) electrons. The summed E-state index contributed by atoms with van der Waals surface area (Å²) in [6.07, 6.45) is 1.59. The van der Waals surface area contributed by atoms with Crippen molar-refractivity contribution in [1.29, 1.82) is 0 Å². The standard InChI is InChI=1S/C25H18BrClFNO4S/c1-32-21-11-16(10-18(26)23(21)33-14-15-6-3-2-4-7-15)12-22-24(30)29(25(31)34-22)13-17-19(27)8-5-9-20(17)28/h2-12H,13-14H2,1H3/b22-12+. The predicted molar refractivity (Wildman–Crippen MR) is 134 cm³/mol. The Labute approximate surface area is 213 Å². The Morgan fingerprint density at radius 2 is 1.88 bits per heavy atom. The van der Waals surface area contributed by atoms with Crippen LogP contribution >= 0.6 is 39.3 Å². The molecule has 5 nitrogen and oxygen atoms in total. The number of benzene rings is 3. The number of methoxy groups -OCH3 is 1. The fourth-order valence-corrected chi connectivity index (χ4v) is 4.96. The normalized spacial score (nSPS) is 14.7. The van der Waals surface area contributed by atoms with Crippen molar-refractivity contribution in [2.45, 2.75) is 13.2 Å². The van der Waals surface area contributed by atoms with Gasteiger partial charge in [0.15, 0.2) is 11.5 Å². The predicted octanol–water partition coefficient (Wildman–Crippen LogP) is 7.07. The molecule has 1 aliphatic rings. The molecule has 1 saturated heterocycles. The van der Waals surface area contributed by atoms with Gasteiger partial charge >= 0.3 is 0 Å². The van der Waals surface area contributed by atoms with Crippen LogP contribution in [0.4, 0.5) is 9.18 Å². The van der Waals surface area contributed by atoms with E-state index in [2.05, 4.69) is 15.9 Å². The van der Waals surface area contributed by atoms with Gasteiger partial charge in [-0.1, -0.05) is 48.0 Å². The van der Waals surface area contributed by atoms with E-state index in [0.717, 1.165) is 22.2 Å². The van der Waals surface area contributed by atoms with Crippen molar-refractivity contribution < 1.29 is 23.5 Å². The molecular weight excluding hydrogens is 545 g/mol. The Morgan fingerprint density at radius 1 is 1.12 bits per heavy atom. The Bertz CT molecular complexity index is 1270. The van der Waals surface area contributed by atoms with Crippen molar-refractivity contribution in [2.75, 3.05) is 7.11 Å². The molecule has 0 saturated carbocycles.